The third-order valence-corrected chi connectivity index (χ3v) is 4.37. The number of nitrogens with one attached hydrogen (secondary N) is 1. The summed E-state index contributed by atoms with van der Waals surface area (Å²) in [7, 11) is 2.12. The first-order chi connectivity index (χ1) is 8.19. The number of carbonyl (C=O) groups is 1. The van der Waals surface area contributed by atoms with Gasteiger partial charge in [-0.25, -0.2) is 5.84 Å². The molecule has 2 aliphatic rings. The Balaban J connectivity index is 2.16. The maximum Gasteiger partial charge on any atom is 0.240 e. The van der Waals surface area contributed by atoms with Gasteiger partial charge in [-0.1, -0.05) is 0 Å². The Morgan fingerprint density at radius 3 is 2.76 bits per heavy atom. The molecule has 5 nitrogen and oxygen atoms in total. The second-order valence-corrected chi connectivity index (χ2v) is 5.34. The van der Waals surface area contributed by atoms with Gasteiger partial charge in [0.1, 0.15) is 0 Å². The van der Waals surface area contributed by atoms with E-state index < -0.39 is 0 Å². The zero-order valence-electron chi connectivity index (χ0n) is 10.6. The normalized spacial score (nSPS) is 29.9. The number of nitrogens with two attached hydrogens (primary N) is 1. The third-order valence-electron chi connectivity index (χ3n) is 4.37. The molecule has 0 aromatic carbocycles. The number of likely N-dealkylation sites (tertiary alicyclic amines) is 1. The predicted molar refractivity (Wildman–Crippen MR) is 65.0 cm³/mol. The number of piperidine rings is 1. The van der Waals surface area contributed by atoms with E-state index in [-0.39, 0.29) is 11.3 Å². The topological polar surface area (TPSA) is 67.6 Å². The van der Waals surface area contributed by atoms with Crippen molar-refractivity contribution in [1.29, 1.82) is 0 Å². The van der Waals surface area contributed by atoms with Crippen molar-refractivity contribution in [2.24, 2.45) is 17.2 Å². The van der Waals surface area contributed by atoms with Gasteiger partial charge in [-0.3, -0.25) is 10.2 Å². The van der Waals surface area contributed by atoms with Gasteiger partial charge >= 0.3 is 0 Å². The minimum Gasteiger partial charge on any atom is -0.381 e. The molecule has 2 saturated heterocycles. The first-order valence-electron chi connectivity index (χ1n) is 6.46. The van der Waals surface area contributed by atoms with E-state index in [1.54, 1.807) is 0 Å². The largest absolute Gasteiger partial charge is 0.381 e. The molecule has 3 N–H and O–H groups in total. The fraction of sp³-hybridized carbons (Fsp3) is 0.917. The summed E-state index contributed by atoms with van der Waals surface area (Å²) in [6, 6.07) is 0. The van der Waals surface area contributed by atoms with Crippen LogP contribution in [0.3, 0.4) is 0 Å². The van der Waals surface area contributed by atoms with Crippen molar-refractivity contribution in [2.45, 2.75) is 25.7 Å². The zero-order valence-corrected chi connectivity index (χ0v) is 10.6. The molecule has 2 heterocycles. The lowest BCUT2D eigenvalue weighted by Gasteiger charge is -2.45. The van der Waals surface area contributed by atoms with Crippen molar-refractivity contribution in [3.63, 3.8) is 0 Å². The van der Waals surface area contributed by atoms with Gasteiger partial charge < -0.3 is 9.64 Å². The number of hydrogen-bond acceptors (Lipinski definition) is 4. The first kappa shape index (κ1) is 12.8. The molecule has 0 aromatic rings. The van der Waals surface area contributed by atoms with Gasteiger partial charge in [0.25, 0.3) is 0 Å². The van der Waals surface area contributed by atoms with Crippen molar-refractivity contribution in [3.05, 3.63) is 0 Å². The molecule has 98 valence electrons. The Kier molecular flexibility index (Phi) is 4.01. The quantitative estimate of drug-likeness (QED) is 0.409. The number of ether oxygens (including phenoxy) is 1. The highest BCUT2D eigenvalue weighted by molar-refractivity contribution is 5.82. The van der Waals surface area contributed by atoms with Crippen LogP contribution in [0.15, 0.2) is 0 Å². The lowest BCUT2D eigenvalue weighted by Crippen LogP contribution is -2.54. The monoisotopic (exact) mass is 241 g/mol. The number of nitrogens with zero attached hydrogens (tertiary/aromatic N) is 1. The van der Waals surface area contributed by atoms with Crippen molar-refractivity contribution in [3.8, 4) is 0 Å². The number of hydrazine groups is 1. The molecular weight excluding hydrogens is 218 g/mol. The van der Waals surface area contributed by atoms with Gasteiger partial charge in [-0.15, -0.1) is 0 Å². The molecular formula is C12H23N3O2. The summed E-state index contributed by atoms with van der Waals surface area (Å²) in [6.45, 7) is 3.47. The zero-order chi connectivity index (χ0) is 12.3. The van der Waals surface area contributed by atoms with Crippen LogP contribution >= 0.6 is 0 Å². The van der Waals surface area contributed by atoms with Crippen LogP contribution in [-0.2, 0) is 9.53 Å². The molecule has 2 rings (SSSR count). The molecule has 2 fully saturated rings. The molecule has 0 radical (unpaired) electrons. The van der Waals surface area contributed by atoms with E-state index in [1.165, 1.54) is 6.42 Å². The Morgan fingerprint density at radius 2 is 2.18 bits per heavy atom. The molecule has 0 spiro atoms. The first-order valence-corrected chi connectivity index (χ1v) is 6.46. The maximum absolute atomic E-state index is 12.2. The molecule has 0 bridgehead atoms. The Morgan fingerprint density at radius 1 is 1.47 bits per heavy atom. The van der Waals surface area contributed by atoms with E-state index in [2.05, 4.69) is 17.4 Å². The van der Waals surface area contributed by atoms with Crippen molar-refractivity contribution >= 4 is 5.91 Å². The van der Waals surface area contributed by atoms with E-state index in [4.69, 9.17) is 10.6 Å². The van der Waals surface area contributed by atoms with Crippen LogP contribution in [0.25, 0.3) is 0 Å². The summed E-state index contributed by atoms with van der Waals surface area (Å²) in [4.78, 5) is 14.5. The van der Waals surface area contributed by atoms with Gasteiger partial charge in [0.05, 0.1) is 5.41 Å². The molecule has 0 aliphatic carbocycles. The Bertz CT molecular complexity index is 277. The van der Waals surface area contributed by atoms with Crippen molar-refractivity contribution in [1.82, 2.24) is 10.3 Å². The molecule has 5 heteroatoms. The molecule has 0 aromatic heterocycles. The molecule has 0 saturated carbocycles. The summed E-state index contributed by atoms with van der Waals surface area (Å²) in [5, 5.41) is 0. The van der Waals surface area contributed by atoms with Crippen LogP contribution in [0.4, 0.5) is 0 Å². The standard InChI is InChI=1S/C12H23N3O2/c1-15-6-2-3-10(9-15)12(11(16)14-13)4-7-17-8-5-12/h10H,2-9,13H2,1H3,(H,14,16). The second-order valence-electron chi connectivity index (χ2n) is 5.34. The van der Waals surface area contributed by atoms with Gasteiger partial charge in [0.2, 0.25) is 5.91 Å². The van der Waals surface area contributed by atoms with Crippen LogP contribution in [0.1, 0.15) is 25.7 Å². The van der Waals surface area contributed by atoms with Gasteiger partial charge in [-0.05, 0) is 45.2 Å². The van der Waals surface area contributed by atoms with E-state index in [0.717, 1.165) is 32.4 Å². The highest BCUT2D eigenvalue weighted by Crippen LogP contribution is 2.42. The van der Waals surface area contributed by atoms with Gasteiger partial charge in [-0.2, -0.15) is 0 Å². The molecule has 17 heavy (non-hydrogen) atoms. The van der Waals surface area contributed by atoms with E-state index >= 15 is 0 Å². The second kappa shape index (κ2) is 5.33. The van der Waals surface area contributed by atoms with Crippen molar-refractivity contribution in [2.75, 3.05) is 33.4 Å². The number of hydrogen-bond donors (Lipinski definition) is 2. The SMILES string of the molecule is CN1CCCC(C2(C(=O)NN)CCOCC2)C1. The molecule has 1 atom stereocenters. The summed E-state index contributed by atoms with van der Waals surface area (Å²) in [5.41, 5.74) is 2.07. The lowest BCUT2D eigenvalue weighted by molar-refractivity contribution is -0.144. The van der Waals surface area contributed by atoms with Crippen molar-refractivity contribution < 1.29 is 9.53 Å². The Labute approximate surface area is 103 Å². The van der Waals surface area contributed by atoms with E-state index in [1.807, 2.05) is 0 Å². The number of amides is 1. The minimum atomic E-state index is -0.304. The summed E-state index contributed by atoms with van der Waals surface area (Å²) in [5.74, 6) is 5.79. The number of rotatable bonds is 2. The average molecular weight is 241 g/mol. The van der Waals surface area contributed by atoms with Gasteiger partial charge in [0.15, 0.2) is 0 Å². The smallest absolute Gasteiger partial charge is 0.240 e. The summed E-state index contributed by atoms with van der Waals surface area (Å²) >= 11 is 0. The van der Waals surface area contributed by atoms with Crippen LogP contribution in [0.5, 0.6) is 0 Å². The molecule has 2 aliphatic heterocycles. The van der Waals surface area contributed by atoms with Crippen LogP contribution in [0, 0.1) is 11.3 Å². The highest BCUT2D eigenvalue weighted by Gasteiger charge is 2.47. The lowest BCUT2D eigenvalue weighted by atomic mass is 9.66. The number of carbonyl (C=O) groups excluding carboxylic acids is 1. The third kappa shape index (κ3) is 2.46. The van der Waals surface area contributed by atoms with Crippen LogP contribution in [0.2, 0.25) is 0 Å². The fourth-order valence-corrected chi connectivity index (χ4v) is 3.32. The maximum atomic E-state index is 12.2. The van der Waals surface area contributed by atoms with Gasteiger partial charge in [0, 0.05) is 19.8 Å². The van der Waals surface area contributed by atoms with Crippen LogP contribution < -0.4 is 11.3 Å². The summed E-state index contributed by atoms with van der Waals surface area (Å²) in [6.07, 6.45) is 3.89. The highest BCUT2D eigenvalue weighted by atomic mass is 16.5. The van der Waals surface area contributed by atoms with Crippen LogP contribution in [-0.4, -0.2) is 44.2 Å². The van der Waals surface area contributed by atoms with E-state index in [0.29, 0.717) is 19.1 Å². The fourth-order valence-electron chi connectivity index (χ4n) is 3.32. The Hall–Kier alpha value is -0.650. The minimum absolute atomic E-state index is 0.00102. The summed E-state index contributed by atoms with van der Waals surface area (Å²) < 4.78 is 5.40. The molecule has 1 amide bonds. The molecule has 1 unspecified atom stereocenters. The predicted octanol–water partition coefficient (Wildman–Crippen LogP) is 0.115. The average Bonchev–Trinajstić information content (AvgIpc) is 2.38. The van der Waals surface area contributed by atoms with E-state index in [9.17, 15) is 4.79 Å².